The van der Waals surface area contributed by atoms with Gasteiger partial charge in [0.15, 0.2) is 5.69 Å². The van der Waals surface area contributed by atoms with E-state index in [1.165, 1.54) is 4.68 Å². The van der Waals surface area contributed by atoms with Crippen LogP contribution in [-0.2, 0) is 7.05 Å². The van der Waals surface area contributed by atoms with Crippen LogP contribution in [0.25, 0.3) is 0 Å². The molecular formula is C6H9ClN4O. The van der Waals surface area contributed by atoms with Crippen molar-refractivity contribution in [3.63, 3.8) is 0 Å². The van der Waals surface area contributed by atoms with Gasteiger partial charge in [0.25, 0.3) is 5.91 Å². The van der Waals surface area contributed by atoms with E-state index in [4.69, 9.17) is 17.4 Å². The number of halogens is 1. The van der Waals surface area contributed by atoms with Gasteiger partial charge in [-0.3, -0.25) is 14.9 Å². The second-order valence-corrected chi connectivity index (χ2v) is 2.72. The van der Waals surface area contributed by atoms with Gasteiger partial charge in [-0.25, -0.2) is 5.84 Å². The van der Waals surface area contributed by atoms with Crippen molar-refractivity contribution in [1.29, 1.82) is 0 Å². The van der Waals surface area contributed by atoms with Gasteiger partial charge >= 0.3 is 0 Å². The molecule has 0 aliphatic carbocycles. The minimum atomic E-state index is -0.483. The van der Waals surface area contributed by atoms with Gasteiger partial charge in [0, 0.05) is 7.05 Å². The zero-order valence-corrected chi connectivity index (χ0v) is 7.51. The van der Waals surface area contributed by atoms with Crippen LogP contribution in [0.3, 0.4) is 0 Å². The lowest BCUT2D eigenvalue weighted by atomic mass is 10.3. The summed E-state index contributed by atoms with van der Waals surface area (Å²) in [7, 11) is 1.70. The molecule has 1 aromatic rings. The molecule has 0 atom stereocenters. The minimum absolute atomic E-state index is 0.152. The van der Waals surface area contributed by atoms with Crippen LogP contribution in [0, 0.1) is 6.92 Å². The summed E-state index contributed by atoms with van der Waals surface area (Å²) in [5.74, 6) is 4.44. The van der Waals surface area contributed by atoms with Gasteiger partial charge in [0.2, 0.25) is 0 Å². The lowest BCUT2D eigenvalue weighted by Crippen LogP contribution is -2.30. The summed E-state index contributed by atoms with van der Waals surface area (Å²) in [5, 5.41) is 4.21. The van der Waals surface area contributed by atoms with Crippen molar-refractivity contribution < 1.29 is 4.79 Å². The zero-order valence-electron chi connectivity index (χ0n) is 6.76. The highest BCUT2D eigenvalue weighted by Gasteiger charge is 2.16. The molecule has 12 heavy (non-hydrogen) atoms. The standard InChI is InChI=1S/C6H9ClN4O/c1-3-4(7)5(6(12)9-8)10-11(3)2/h8H2,1-2H3,(H,9,12). The van der Waals surface area contributed by atoms with Crippen LogP contribution in [0.2, 0.25) is 5.02 Å². The van der Waals surface area contributed by atoms with E-state index in [1.807, 2.05) is 5.43 Å². The van der Waals surface area contributed by atoms with Crippen molar-refractivity contribution in [3.05, 3.63) is 16.4 Å². The third-order valence-corrected chi connectivity index (χ3v) is 2.06. The summed E-state index contributed by atoms with van der Waals surface area (Å²) >= 11 is 5.79. The number of nitrogens with two attached hydrogens (primary N) is 1. The Hall–Kier alpha value is -1.07. The molecule has 0 bridgehead atoms. The van der Waals surface area contributed by atoms with Crippen LogP contribution in [0.5, 0.6) is 0 Å². The van der Waals surface area contributed by atoms with Gasteiger partial charge in [-0.1, -0.05) is 11.6 Å². The van der Waals surface area contributed by atoms with E-state index in [0.717, 1.165) is 5.69 Å². The predicted octanol–water partition coefficient (Wildman–Crippen LogP) is -0.0146. The van der Waals surface area contributed by atoms with Gasteiger partial charge in [-0.2, -0.15) is 5.10 Å². The van der Waals surface area contributed by atoms with Gasteiger partial charge < -0.3 is 0 Å². The summed E-state index contributed by atoms with van der Waals surface area (Å²) in [4.78, 5) is 11.0. The zero-order chi connectivity index (χ0) is 9.30. The normalized spacial score (nSPS) is 10.0. The van der Waals surface area contributed by atoms with Gasteiger partial charge in [-0.05, 0) is 6.92 Å². The molecule has 0 spiro atoms. The quantitative estimate of drug-likeness (QED) is 0.370. The topological polar surface area (TPSA) is 72.9 Å². The number of carbonyl (C=O) groups excluding carboxylic acids is 1. The number of carbonyl (C=O) groups is 1. The smallest absolute Gasteiger partial charge is 0.287 e. The molecular weight excluding hydrogens is 180 g/mol. The molecule has 0 saturated carbocycles. The van der Waals surface area contributed by atoms with E-state index < -0.39 is 5.91 Å². The third-order valence-electron chi connectivity index (χ3n) is 1.61. The Morgan fingerprint density at radius 1 is 1.75 bits per heavy atom. The van der Waals surface area contributed by atoms with Gasteiger partial charge in [0.1, 0.15) is 0 Å². The average molecular weight is 189 g/mol. The molecule has 0 saturated heterocycles. The number of hydrazine groups is 1. The number of hydrogen-bond acceptors (Lipinski definition) is 3. The maximum absolute atomic E-state index is 11.0. The highest BCUT2D eigenvalue weighted by atomic mass is 35.5. The highest BCUT2D eigenvalue weighted by molar-refractivity contribution is 6.34. The molecule has 1 aromatic heterocycles. The Balaban J connectivity index is 3.17. The Morgan fingerprint density at radius 3 is 2.67 bits per heavy atom. The van der Waals surface area contributed by atoms with E-state index in [-0.39, 0.29) is 5.69 Å². The second kappa shape index (κ2) is 3.12. The number of amides is 1. The summed E-state index contributed by atoms with van der Waals surface area (Å²) in [6.07, 6.45) is 0. The van der Waals surface area contributed by atoms with Crippen molar-refractivity contribution >= 4 is 17.5 Å². The first-order valence-electron chi connectivity index (χ1n) is 3.28. The van der Waals surface area contributed by atoms with Crippen LogP contribution in [-0.4, -0.2) is 15.7 Å². The number of hydrogen-bond donors (Lipinski definition) is 2. The average Bonchev–Trinajstić information content (AvgIpc) is 2.32. The Kier molecular flexibility index (Phi) is 2.35. The molecule has 66 valence electrons. The lowest BCUT2D eigenvalue weighted by molar-refractivity contribution is 0.0948. The molecule has 0 aliphatic heterocycles. The van der Waals surface area contributed by atoms with Crippen LogP contribution >= 0.6 is 11.6 Å². The van der Waals surface area contributed by atoms with Gasteiger partial charge in [0.05, 0.1) is 10.7 Å². The summed E-state index contributed by atoms with van der Waals surface area (Å²) < 4.78 is 1.52. The predicted molar refractivity (Wildman–Crippen MR) is 44.6 cm³/mol. The van der Waals surface area contributed by atoms with E-state index >= 15 is 0 Å². The molecule has 6 heteroatoms. The highest BCUT2D eigenvalue weighted by Crippen LogP contribution is 2.18. The fourth-order valence-corrected chi connectivity index (χ4v) is 1.04. The molecule has 0 aliphatic rings. The summed E-state index contributed by atoms with van der Waals surface area (Å²) in [6, 6.07) is 0. The SMILES string of the molecule is Cc1c(Cl)c(C(=O)NN)nn1C. The van der Waals surface area contributed by atoms with E-state index in [1.54, 1.807) is 14.0 Å². The Bertz CT molecular complexity index is 320. The molecule has 0 unspecified atom stereocenters. The number of nitrogen functional groups attached to an aromatic ring is 1. The summed E-state index contributed by atoms with van der Waals surface area (Å²) in [5.41, 5.74) is 2.85. The molecule has 1 heterocycles. The molecule has 0 fully saturated rings. The van der Waals surface area contributed by atoms with Crippen molar-refractivity contribution in [2.75, 3.05) is 0 Å². The molecule has 1 rings (SSSR count). The molecule has 0 radical (unpaired) electrons. The lowest BCUT2D eigenvalue weighted by Gasteiger charge is -1.92. The Labute approximate surface area is 74.5 Å². The molecule has 1 amide bonds. The number of nitrogens with one attached hydrogen (secondary N) is 1. The molecule has 3 N–H and O–H groups in total. The summed E-state index contributed by atoms with van der Waals surface area (Å²) in [6.45, 7) is 1.77. The third kappa shape index (κ3) is 1.28. The monoisotopic (exact) mass is 188 g/mol. The largest absolute Gasteiger partial charge is 0.289 e. The minimum Gasteiger partial charge on any atom is -0.289 e. The molecule has 5 nitrogen and oxygen atoms in total. The number of aromatic nitrogens is 2. The van der Waals surface area contributed by atoms with E-state index in [9.17, 15) is 4.79 Å². The van der Waals surface area contributed by atoms with Crippen molar-refractivity contribution in [1.82, 2.24) is 15.2 Å². The first-order chi connectivity index (χ1) is 5.57. The van der Waals surface area contributed by atoms with Crippen LogP contribution in [0.1, 0.15) is 16.2 Å². The van der Waals surface area contributed by atoms with Crippen molar-refractivity contribution in [2.45, 2.75) is 6.92 Å². The maximum Gasteiger partial charge on any atom is 0.287 e. The van der Waals surface area contributed by atoms with Gasteiger partial charge in [-0.15, -0.1) is 0 Å². The second-order valence-electron chi connectivity index (χ2n) is 2.35. The number of rotatable bonds is 1. The maximum atomic E-state index is 11.0. The fraction of sp³-hybridized carbons (Fsp3) is 0.333. The van der Waals surface area contributed by atoms with E-state index in [0.29, 0.717) is 5.02 Å². The van der Waals surface area contributed by atoms with E-state index in [2.05, 4.69) is 5.10 Å². The number of aryl methyl sites for hydroxylation is 1. The van der Waals surface area contributed by atoms with Crippen LogP contribution < -0.4 is 11.3 Å². The molecule has 0 aromatic carbocycles. The van der Waals surface area contributed by atoms with Crippen molar-refractivity contribution in [3.8, 4) is 0 Å². The van der Waals surface area contributed by atoms with Crippen molar-refractivity contribution in [2.24, 2.45) is 12.9 Å². The first-order valence-corrected chi connectivity index (χ1v) is 3.65. The number of nitrogens with zero attached hydrogens (tertiary/aromatic N) is 2. The first kappa shape index (κ1) is 9.02. The fourth-order valence-electron chi connectivity index (χ4n) is 0.796. The van der Waals surface area contributed by atoms with Crippen LogP contribution in [0.4, 0.5) is 0 Å². The van der Waals surface area contributed by atoms with Crippen LogP contribution in [0.15, 0.2) is 0 Å². The Morgan fingerprint density at radius 2 is 2.33 bits per heavy atom.